The first-order valence-corrected chi connectivity index (χ1v) is 6.96. The Kier molecular flexibility index (Phi) is 4.30. The lowest BCUT2D eigenvalue weighted by molar-refractivity contribution is 0.259. The fourth-order valence-electron chi connectivity index (χ4n) is 3.13. The summed E-state index contributed by atoms with van der Waals surface area (Å²) >= 11 is 0. The third-order valence-electron chi connectivity index (χ3n) is 3.68. The Labute approximate surface area is 114 Å². The van der Waals surface area contributed by atoms with Crippen LogP contribution < -0.4 is 16.4 Å². The standard InChI is InChI=1S/C15H23N3O/c1-10-6-11(2)8-14(7-10)17-12-4-3-5-13(9-12)18-15(16)19/h3-5,9-11,14,17H,6-8H2,1-2H3,(H3,16,18,19). The van der Waals surface area contributed by atoms with Crippen molar-refractivity contribution in [2.75, 3.05) is 10.6 Å². The number of anilines is 2. The first kappa shape index (κ1) is 13.7. The van der Waals surface area contributed by atoms with Crippen LogP contribution in [0.1, 0.15) is 33.1 Å². The van der Waals surface area contributed by atoms with Crippen molar-refractivity contribution < 1.29 is 4.79 Å². The summed E-state index contributed by atoms with van der Waals surface area (Å²) in [5.74, 6) is 1.54. The summed E-state index contributed by atoms with van der Waals surface area (Å²) in [7, 11) is 0. The van der Waals surface area contributed by atoms with E-state index in [0.29, 0.717) is 6.04 Å². The van der Waals surface area contributed by atoms with Gasteiger partial charge < -0.3 is 16.4 Å². The van der Waals surface area contributed by atoms with Crippen molar-refractivity contribution in [2.45, 2.75) is 39.2 Å². The first-order valence-electron chi connectivity index (χ1n) is 6.96. The molecule has 0 aliphatic heterocycles. The third-order valence-corrected chi connectivity index (χ3v) is 3.68. The Hall–Kier alpha value is -1.71. The molecule has 1 aromatic rings. The molecule has 1 fully saturated rings. The Bertz CT molecular complexity index is 437. The molecule has 1 aliphatic rings. The van der Waals surface area contributed by atoms with Crippen LogP contribution in [0.25, 0.3) is 0 Å². The maximum Gasteiger partial charge on any atom is 0.316 e. The van der Waals surface area contributed by atoms with E-state index in [2.05, 4.69) is 24.5 Å². The van der Waals surface area contributed by atoms with Gasteiger partial charge in [-0.15, -0.1) is 0 Å². The number of carbonyl (C=O) groups is 1. The van der Waals surface area contributed by atoms with Gasteiger partial charge in [-0.1, -0.05) is 19.9 Å². The Morgan fingerprint density at radius 2 is 1.79 bits per heavy atom. The normalized spacial score (nSPS) is 26.7. The van der Waals surface area contributed by atoms with E-state index in [9.17, 15) is 4.79 Å². The van der Waals surface area contributed by atoms with Gasteiger partial charge in [0.15, 0.2) is 0 Å². The molecule has 0 heterocycles. The molecule has 0 spiro atoms. The SMILES string of the molecule is CC1CC(C)CC(Nc2cccc(NC(N)=O)c2)C1. The zero-order valence-corrected chi connectivity index (χ0v) is 11.6. The predicted molar refractivity (Wildman–Crippen MR) is 79.2 cm³/mol. The molecule has 2 atom stereocenters. The highest BCUT2D eigenvalue weighted by atomic mass is 16.2. The van der Waals surface area contributed by atoms with Crippen LogP contribution in [0.15, 0.2) is 24.3 Å². The maximum atomic E-state index is 10.8. The van der Waals surface area contributed by atoms with Gasteiger partial charge in [-0.3, -0.25) is 0 Å². The van der Waals surface area contributed by atoms with Crippen molar-refractivity contribution >= 4 is 17.4 Å². The van der Waals surface area contributed by atoms with Crippen molar-refractivity contribution in [3.63, 3.8) is 0 Å². The number of nitrogens with two attached hydrogens (primary N) is 1. The molecule has 19 heavy (non-hydrogen) atoms. The zero-order chi connectivity index (χ0) is 13.8. The van der Waals surface area contributed by atoms with Gasteiger partial charge in [0, 0.05) is 17.4 Å². The topological polar surface area (TPSA) is 67.2 Å². The summed E-state index contributed by atoms with van der Waals surface area (Å²) < 4.78 is 0. The van der Waals surface area contributed by atoms with Crippen LogP contribution in [0.3, 0.4) is 0 Å². The quantitative estimate of drug-likeness (QED) is 0.780. The van der Waals surface area contributed by atoms with Gasteiger partial charge >= 0.3 is 6.03 Å². The lowest BCUT2D eigenvalue weighted by Crippen LogP contribution is -2.30. The summed E-state index contributed by atoms with van der Waals surface area (Å²) in [6.07, 6.45) is 3.73. The number of rotatable bonds is 3. The van der Waals surface area contributed by atoms with Crippen molar-refractivity contribution in [3.8, 4) is 0 Å². The number of hydrogen-bond acceptors (Lipinski definition) is 2. The summed E-state index contributed by atoms with van der Waals surface area (Å²) in [4.78, 5) is 10.8. The molecular weight excluding hydrogens is 238 g/mol. The van der Waals surface area contributed by atoms with Crippen LogP contribution >= 0.6 is 0 Å². The lowest BCUT2D eigenvalue weighted by atomic mass is 9.80. The first-order chi connectivity index (χ1) is 9.02. The van der Waals surface area contributed by atoms with Crippen LogP contribution in [0, 0.1) is 11.8 Å². The highest BCUT2D eigenvalue weighted by Gasteiger charge is 2.23. The van der Waals surface area contributed by atoms with Crippen molar-refractivity contribution in [3.05, 3.63) is 24.3 Å². The van der Waals surface area contributed by atoms with Crippen molar-refractivity contribution in [1.29, 1.82) is 0 Å². The number of carbonyl (C=O) groups excluding carboxylic acids is 1. The molecule has 104 valence electrons. The number of hydrogen-bond donors (Lipinski definition) is 3. The Morgan fingerprint density at radius 3 is 2.42 bits per heavy atom. The van der Waals surface area contributed by atoms with Crippen molar-refractivity contribution in [1.82, 2.24) is 0 Å². The Balaban J connectivity index is 2.00. The molecule has 1 aromatic carbocycles. The summed E-state index contributed by atoms with van der Waals surface area (Å²) in [5, 5.41) is 6.16. The van der Waals surface area contributed by atoms with E-state index in [1.807, 2.05) is 24.3 Å². The lowest BCUT2D eigenvalue weighted by Gasteiger charge is -2.32. The zero-order valence-electron chi connectivity index (χ0n) is 11.6. The molecule has 1 saturated carbocycles. The summed E-state index contributed by atoms with van der Waals surface area (Å²) in [6.45, 7) is 4.63. The van der Waals surface area contributed by atoms with E-state index in [-0.39, 0.29) is 0 Å². The molecule has 2 unspecified atom stereocenters. The number of primary amides is 1. The van der Waals surface area contributed by atoms with Gasteiger partial charge in [0.05, 0.1) is 0 Å². The summed E-state index contributed by atoms with van der Waals surface area (Å²) in [6, 6.07) is 7.69. The van der Waals surface area contributed by atoms with E-state index in [0.717, 1.165) is 23.2 Å². The molecule has 2 rings (SSSR count). The van der Waals surface area contributed by atoms with Crippen LogP contribution in [-0.2, 0) is 0 Å². The van der Waals surface area contributed by atoms with Crippen LogP contribution in [-0.4, -0.2) is 12.1 Å². The minimum Gasteiger partial charge on any atom is -0.382 e. The van der Waals surface area contributed by atoms with Gasteiger partial charge in [-0.2, -0.15) is 0 Å². The highest BCUT2D eigenvalue weighted by Crippen LogP contribution is 2.30. The molecule has 0 saturated heterocycles. The van der Waals surface area contributed by atoms with Crippen LogP contribution in [0.5, 0.6) is 0 Å². The van der Waals surface area contributed by atoms with Crippen LogP contribution in [0.4, 0.5) is 16.2 Å². The fraction of sp³-hybridized carbons (Fsp3) is 0.533. The predicted octanol–water partition coefficient (Wildman–Crippen LogP) is 3.41. The number of benzene rings is 1. The second kappa shape index (κ2) is 5.95. The number of amides is 2. The van der Waals surface area contributed by atoms with E-state index in [1.54, 1.807) is 0 Å². The molecule has 4 nitrogen and oxygen atoms in total. The fourth-order valence-corrected chi connectivity index (χ4v) is 3.13. The van der Waals surface area contributed by atoms with Gasteiger partial charge in [0.25, 0.3) is 0 Å². The monoisotopic (exact) mass is 261 g/mol. The molecule has 2 amide bonds. The number of nitrogens with one attached hydrogen (secondary N) is 2. The van der Waals surface area contributed by atoms with E-state index < -0.39 is 6.03 Å². The van der Waals surface area contributed by atoms with Crippen LogP contribution in [0.2, 0.25) is 0 Å². The highest BCUT2D eigenvalue weighted by molar-refractivity contribution is 5.88. The molecule has 4 N–H and O–H groups in total. The number of urea groups is 1. The second-order valence-electron chi connectivity index (χ2n) is 5.83. The van der Waals surface area contributed by atoms with E-state index in [1.165, 1.54) is 19.3 Å². The van der Waals surface area contributed by atoms with E-state index >= 15 is 0 Å². The largest absolute Gasteiger partial charge is 0.382 e. The average molecular weight is 261 g/mol. The van der Waals surface area contributed by atoms with Gasteiger partial charge in [0.1, 0.15) is 0 Å². The molecular formula is C15H23N3O. The Morgan fingerprint density at radius 1 is 1.16 bits per heavy atom. The van der Waals surface area contributed by atoms with Gasteiger partial charge in [-0.05, 0) is 49.3 Å². The molecule has 0 bridgehead atoms. The smallest absolute Gasteiger partial charge is 0.316 e. The molecule has 0 aromatic heterocycles. The van der Waals surface area contributed by atoms with Gasteiger partial charge in [0.2, 0.25) is 0 Å². The average Bonchev–Trinajstić information content (AvgIpc) is 2.26. The van der Waals surface area contributed by atoms with Gasteiger partial charge in [-0.25, -0.2) is 4.79 Å². The molecule has 1 aliphatic carbocycles. The minimum atomic E-state index is -0.530. The molecule has 4 heteroatoms. The minimum absolute atomic E-state index is 0.516. The van der Waals surface area contributed by atoms with Crippen molar-refractivity contribution in [2.24, 2.45) is 17.6 Å². The maximum absolute atomic E-state index is 10.8. The summed E-state index contributed by atoms with van der Waals surface area (Å²) in [5.41, 5.74) is 6.90. The molecule has 0 radical (unpaired) electrons. The third kappa shape index (κ3) is 4.16. The van der Waals surface area contributed by atoms with E-state index in [4.69, 9.17) is 5.73 Å². The second-order valence-corrected chi connectivity index (χ2v) is 5.83.